The Kier molecular flexibility index (Phi) is 10.3. The summed E-state index contributed by atoms with van der Waals surface area (Å²) in [5.41, 5.74) is 0. The van der Waals surface area contributed by atoms with Crippen molar-refractivity contribution in [1.29, 1.82) is 0 Å². The zero-order chi connectivity index (χ0) is 15.5. The molecular formula is C17H36N2O2. The van der Waals surface area contributed by atoms with Crippen LogP contribution in [0.1, 0.15) is 46.0 Å². The number of ether oxygens (including phenoxy) is 2. The Labute approximate surface area is 131 Å². The van der Waals surface area contributed by atoms with E-state index < -0.39 is 0 Å². The van der Waals surface area contributed by atoms with E-state index in [1.54, 1.807) is 0 Å². The highest BCUT2D eigenvalue weighted by atomic mass is 16.5. The van der Waals surface area contributed by atoms with Crippen LogP contribution < -0.4 is 0 Å². The van der Waals surface area contributed by atoms with Gasteiger partial charge in [0, 0.05) is 39.4 Å². The van der Waals surface area contributed by atoms with Crippen molar-refractivity contribution in [2.75, 3.05) is 53.5 Å². The van der Waals surface area contributed by atoms with Gasteiger partial charge in [0.2, 0.25) is 0 Å². The van der Waals surface area contributed by atoms with E-state index in [2.05, 4.69) is 37.7 Å². The van der Waals surface area contributed by atoms with Crippen molar-refractivity contribution in [2.24, 2.45) is 0 Å². The summed E-state index contributed by atoms with van der Waals surface area (Å²) < 4.78 is 11.2. The van der Waals surface area contributed by atoms with E-state index >= 15 is 0 Å². The molecule has 2 saturated heterocycles. The highest BCUT2D eigenvalue weighted by molar-refractivity contribution is 4.70. The number of hydrogen-bond donors (Lipinski definition) is 0. The van der Waals surface area contributed by atoms with Crippen molar-refractivity contribution in [3.8, 4) is 0 Å². The molecule has 21 heavy (non-hydrogen) atoms. The van der Waals surface area contributed by atoms with Crippen LogP contribution in [-0.4, -0.2) is 75.5 Å². The van der Waals surface area contributed by atoms with Gasteiger partial charge in [-0.3, -0.25) is 0 Å². The lowest BCUT2D eigenvalue weighted by Crippen LogP contribution is -2.34. The summed E-state index contributed by atoms with van der Waals surface area (Å²) in [6.45, 7) is 10.8. The minimum absolute atomic E-state index is 0.543. The van der Waals surface area contributed by atoms with Crippen molar-refractivity contribution < 1.29 is 9.47 Å². The fourth-order valence-corrected chi connectivity index (χ4v) is 2.82. The van der Waals surface area contributed by atoms with E-state index in [-0.39, 0.29) is 0 Å². The lowest BCUT2D eigenvalue weighted by molar-refractivity contribution is 0.0129. The van der Waals surface area contributed by atoms with Gasteiger partial charge in [0.05, 0.1) is 12.2 Å². The molecule has 0 N–H and O–H groups in total. The molecule has 0 bridgehead atoms. The number of piperidine rings is 2. The van der Waals surface area contributed by atoms with E-state index in [0.29, 0.717) is 12.2 Å². The van der Waals surface area contributed by atoms with Crippen LogP contribution in [0, 0.1) is 0 Å². The number of nitrogens with zero attached hydrogens (tertiary/aromatic N) is 2. The van der Waals surface area contributed by atoms with E-state index in [1.165, 1.54) is 51.9 Å². The molecule has 2 rings (SSSR count). The Morgan fingerprint density at radius 2 is 1.19 bits per heavy atom. The van der Waals surface area contributed by atoms with Gasteiger partial charge < -0.3 is 19.3 Å². The molecule has 2 fully saturated rings. The summed E-state index contributed by atoms with van der Waals surface area (Å²) in [6, 6.07) is 0. The molecule has 126 valence electrons. The Bertz CT molecular complexity index is 232. The second-order valence-electron chi connectivity index (χ2n) is 6.33. The smallest absolute Gasteiger partial charge is 0.0599 e. The molecule has 0 amide bonds. The third-order valence-corrected chi connectivity index (χ3v) is 4.29. The Morgan fingerprint density at radius 3 is 1.57 bits per heavy atom. The maximum atomic E-state index is 5.65. The van der Waals surface area contributed by atoms with Crippen LogP contribution >= 0.6 is 0 Å². The maximum Gasteiger partial charge on any atom is 0.0599 e. The van der Waals surface area contributed by atoms with Crippen LogP contribution in [-0.2, 0) is 9.47 Å². The standard InChI is InChI=1S/C9H19NO.C8H17NO/c1-3-8-11-9-4-6-10(2)7-5-9;1-3-10-8-4-6-9(2)7-5-8/h9H,3-8H2,1-2H3;8H,3-7H2,1-2H3. The van der Waals surface area contributed by atoms with Gasteiger partial charge in [0.1, 0.15) is 0 Å². The molecule has 0 aromatic carbocycles. The zero-order valence-corrected chi connectivity index (χ0v) is 14.6. The summed E-state index contributed by atoms with van der Waals surface area (Å²) in [6.07, 6.45) is 7.10. The average molecular weight is 300 g/mol. The van der Waals surface area contributed by atoms with E-state index in [9.17, 15) is 0 Å². The lowest BCUT2D eigenvalue weighted by atomic mass is 10.1. The summed E-state index contributed by atoms with van der Waals surface area (Å²) in [4.78, 5) is 4.72. The summed E-state index contributed by atoms with van der Waals surface area (Å²) in [5, 5.41) is 0. The van der Waals surface area contributed by atoms with Gasteiger partial charge in [0.25, 0.3) is 0 Å². The molecule has 0 aromatic heterocycles. The maximum absolute atomic E-state index is 5.65. The second-order valence-corrected chi connectivity index (χ2v) is 6.33. The molecule has 0 atom stereocenters. The number of likely N-dealkylation sites (tertiary alicyclic amines) is 2. The third-order valence-electron chi connectivity index (χ3n) is 4.29. The van der Waals surface area contributed by atoms with Gasteiger partial charge in [-0.1, -0.05) is 6.92 Å². The third kappa shape index (κ3) is 8.77. The highest BCUT2D eigenvalue weighted by Crippen LogP contribution is 2.12. The van der Waals surface area contributed by atoms with Crippen molar-refractivity contribution in [1.82, 2.24) is 9.80 Å². The molecule has 0 spiro atoms. The van der Waals surface area contributed by atoms with E-state index in [0.717, 1.165) is 19.6 Å². The largest absolute Gasteiger partial charge is 0.378 e. The molecule has 0 saturated carbocycles. The Hall–Kier alpha value is -0.160. The molecule has 4 heteroatoms. The Morgan fingerprint density at radius 1 is 0.762 bits per heavy atom. The van der Waals surface area contributed by atoms with Crippen molar-refractivity contribution in [2.45, 2.75) is 58.2 Å². The van der Waals surface area contributed by atoms with Gasteiger partial charge >= 0.3 is 0 Å². The monoisotopic (exact) mass is 300 g/mol. The normalized spacial score (nSPS) is 22.9. The molecule has 0 aliphatic carbocycles. The molecule has 0 unspecified atom stereocenters. The Balaban J connectivity index is 0.000000211. The van der Waals surface area contributed by atoms with Gasteiger partial charge in [-0.2, -0.15) is 0 Å². The van der Waals surface area contributed by atoms with Gasteiger partial charge in [0.15, 0.2) is 0 Å². The van der Waals surface area contributed by atoms with E-state index in [4.69, 9.17) is 9.47 Å². The SMILES string of the molecule is CCCOC1CCN(C)CC1.CCOC1CCN(C)CC1. The van der Waals surface area contributed by atoms with Crippen LogP contribution in [0.25, 0.3) is 0 Å². The minimum atomic E-state index is 0.543. The molecule has 0 radical (unpaired) electrons. The van der Waals surface area contributed by atoms with Crippen molar-refractivity contribution in [3.05, 3.63) is 0 Å². The first-order chi connectivity index (χ1) is 10.2. The molecular weight excluding hydrogens is 264 g/mol. The molecule has 0 aromatic rings. The lowest BCUT2D eigenvalue weighted by Gasteiger charge is -2.28. The second kappa shape index (κ2) is 11.4. The topological polar surface area (TPSA) is 24.9 Å². The van der Waals surface area contributed by atoms with Crippen molar-refractivity contribution >= 4 is 0 Å². The first kappa shape index (κ1) is 18.9. The zero-order valence-electron chi connectivity index (χ0n) is 14.6. The number of hydrogen-bond acceptors (Lipinski definition) is 4. The summed E-state index contributed by atoms with van der Waals surface area (Å²) in [7, 11) is 4.35. The molecule has 4 nitrogen and oxygen atoms in total. The van der Waals surface area contributed by atoms with Crippen LogP contribution in [0.4, 0.5) is 0 Å². The van der Waals surface area contributed by atoms with Gasteiger partial charge in [-0.05, 0) is 53.1 Å². The minimum Gasteiger partial charge on any atom is -0.378 e. The fraction of sp³-hybridized carbons (Fsp3) is 1.00. The van der Waals surface area contributed by atoms with Gasteiger partial charge in [-0.15, -0.1) is 0 Å². The highest BCUT2D eigenvalue weighted by Gasteiger charge is 2.16. The van der Waals surface area contributed by atoms with Crippen molar-refractivity contribution in [3.63, 3.8) is 0 Å². The summed E-state index contributed by atoms with van der Waals surface area (Å²) in [5.74, 6) is 0. The number of rotatable bonds is 5. The van der Waals surface area contributed by atoms with Crippen LogP contribution in [0.2, 0.25) is 0 Å². The fourth-order valence-electron chi connectivity index (χ4n) is 2.82. The first-order valence-electron chi connectivity index (χ1n) is 8.76. The molecule has 2 aliphatic heterocycles. The predicted molar refractivity (Wildman–Crippen MR) is 88.9 cm³/mol. The van der Waals surface area contributed by atoms with Crippen LogP contribution in [0.3, 0.4) is 0 Å². The first-order valence-corrected chi connectivity index (χ1v) is 8.76. The van der Waals surface area contributed by atoms with E-state index in [1.807, 2.05) is 0 Å². The quantitative estimate of drug-likeness (QED) is 0.779. The summed E-state index contributed by atoms with van der Waals surface area (Å²) >= 11 is 0. The van der Waals surface area contributed by atoms with Gasteiger partial charge in [-0.25, -0.2) is 0 Å². The average Bonchev–Trinajstić information content (AvgIpc) is 2.50. The molecule has 2 heterocycles. The van der Waals surface area contributed by atoms with Crippen LogP contribution in [0.15, 0.2) is 0 Å². The molecule has 2 aliphatic rings. The van der Waals surface area contributed by atoms with Crippen LogP contribution in [0.5, 0.6) is 0 Å². The predicted octanol–water partition coefficient (Wildman–Crippen LogP) is 2.62.